The van der Waals surface area contributed by atoms with E-state index in [4.69, 9.17) is 0 Å². The zero-order valence-electron chi connectivity index (χ0n) is 10.5. The van der Waals surface area contributed by atoms with Crippen molar-refractivity contribution in [3.8, 4) is 0 Å². The molecule has 0 spiro atoms. The summed E-state index contributed by atoms with van der Waals surface area (Å²) in [5.74, 6) is 2.58. The van der Waals surface area contributed by atoms with Gasteiger partial charge in [-0.15, -0.1) is 11.8 Å². The lowest BCUT2D eigenvalue weighted by Crippen LogP contribution is -2.32. The molecular formula is C12H24N2OS. The predicted octanol–water partition coefficient (Wildman–Crippen LogP) is 1.94. The minimum atomic E-state index is 0.209. The average molecular weight is 244 g/mol. The molecule has 4 heteroatoms. The van der Waals surface area contributed by atoms with Gasteiger partial charge in [0.05, 0.1) is 5.88 Å². The quantitative estimate of drug-likeness (QED) is 0.695. The van der Waals surface area contributed by atoms with E-state index in [1.54, 1.807) is 0 Å². The Bertz CT molecular complexity index is 205. The van der Waals surface area contributed by atoms with Crippen molar-refractivity contribution >= 4 is 17.7 Å². The van der Waals surface area contributed by atoms with Gasteiger partial charge in [-0.1, -0.05) is 20.3 Å². The largest absolute Gasteiger partial charge is 0.332 e. The van der Waals surface area contributed by atoms with E-state index in [0.29, 0.717) is 5.91 Å². The molecule has 1 rings (SSSR count). The number of unbranched alkanes of at least 4 members (excludes halogenated alkanes) is 1. The number of carbonyl (C=O) groups excluding carboxylic acids is 1. The molecule has 1 aliphatic rings. The second-order valence-corrected chi connectivity index (χ2v) is 5.46. The van der Waals surface area contributed by atoms with E-state index in [9.17, 15) is 4.79 Å². The fraction of sp³-hybridized carbons (Fsp3) is 0.917. The van der Waals surface area contributed by atoms with Gasteiger partial charge in [0, 0.05) is 18.2 Å². The zero-order valence-corrected chi connectivity index (χ0v) is 11.3. The van der Waals surface area contributed by atoms with Crippen LogP contribution >= 0.6 is 11.8 Å². The molecule has 1 aliphatic heterocycles. The molecule has 1 N–H and O–H groups in total. The van der Waals surface area contributed by atoms with Crippen molar-refractivity contribution < 1.29 is 4.79 Å². The van der Waals surface area contributed by atoms with E-state index < -0.39 is 0 Å². The Balaban J connectivity index is 2.08. The van der Waals surface area contributed by atoms with Gasteiger partial charge in [0.1, 0.15) is 0 Å². The summed E-state index contributed by atoms with van der Waals surface area (Å²) in [4.78, 5) is 14.0. The molecule has 0 aromatic rings. The fourth-order valence-corrected chi connectivity index (χ4v) is 2.86. The van der Waals surface area contributed by atoms with Crippen LogP contribution in [0.5, 0.6) is 0 Å². The number of hydrogen-bond acceptors (Lipinski definition) is 3. The lowest BCUT2D eigenvalue weighted by Gasteiger charge is -2.19. The van der Waals surface area contributed by atoms with Gasteiger partial charge in [-0.05, 0) is 25.9 Å². The summed E-state index contributed by atoms with van der Waals surface area (Å²) in [6.07, 6.45) is 3.37. The van der Waals surface area contributed by atoms with Crippen molar-refractivity contribution in [1.82, 2.24) is 10.2 Å². The van der Waals surface area contributed by atoms with Crippen LogP contribution in [0.15, 0.2) is 0 Å². The van der Waals surface area contributed by atoms with E-state index in [2.05, 4.69) is 19.2 Å². The first-order chi connectivity index (χ1) is 7.75. The van der Waals surface area contributed by atoms with Gasteiger partial charge < -0.3 is 10.2 Å². The van der Waals surface area contributed by atoms with Crippen LogP contribution in [-0.4, -0.2) is 42.1 Å². The summed E-state index contributed by atoms with van der Waals surface area (Å²) in [6, 6.07) is 0. The van der Waals surface area contributed by atoms with Crippen molar-refractivity contribution in [3.63, 3.8) is 0 Å². The van der Waals surface area contributed by atoms with Crippen LogP contribution in [0.1, 0.15) is 33.1 Å². The van der Waals surface area contributed by atoms with Crippen molar-refractivity contribution in [2.24, 2.45) is 5.92 Å². The minimum absolute atomic E-state index is 0.209. The van der Waals surface area contributed by atoms with E-state index >= 15 is 0 Å². The van der Waals surface area contributed by atoms with Gasteiger partial charge in [0.25, 0.3) is 0 Å². The third kappa shape index (κ3) is 4.74. The molecule has 1 atom stereocenters. The number of rotatable bonds is 7. The van der Waals surface area contributed by atoms with Crippen LogP contribution in [0.25, 0.3) is 0 Å². The summed E-state index contributed by atoms with van der Waals surface area (Å²) >= 11 is 1.86. The van der Waals surface area contributed by atoms with Crippen LogP contribution < -0.4 is 5.32 Å². The molecule has 94 valence electrons. The molecule has 16 heavy (non-hydrogen) atoms. The highest BCUT2D eigenvalue weighted by Gasteiger charge is 2.22. The van der Waals surface area contributed by atoms with Gasteiger partial charge in [0.2, 0.25) is 5.91 Å². The van der Waals surface area contributed by atoms with Crippen molar-refractivity contribution in [1.29, 1.82) is 0 Å². The topological polar surface area (TPSA) is 32.3 Å². The van der Waals surface area contributed by atoms with E-state index in [0.717, 1.165) is 44.1 Å². The Morgan fingerprint density at radius 3 is 2.94 bits per heavy atom. The first-order valence-electron chi connectivity index (χ1n) is 6.33. The first-order valence-corrected chi connectivity index (χ1v) is 7.48. The molecule has 3 nitrogen and oxygen atoms in total. The maximum Gasteiger partial charge on any atom is 0.226 e. The molecule has 1 heterocycles. The predicted molar refractivity (Wildman–Crippen MR) is 70.6 cm³/mol. The summed E-state index contributed by atoms with van der Waals surface area (Å²) in [5.41, 5.74) is 0. The average Bonchev–Trinajstić information content (AvgIpc) is 2.81. The maximum atomic E-state index is 12.0. The summed E-state index contributed by atoms with van der Waals surface area (Å²) in [6.45, 7) is 7.26. The lowest BCUT2D eigenvalue weighted by atomic mass is 10.0. The molecule has 0 aromatic heterocycles. The van der Waals surface area contributed by atoms with Gasteiger partial charge in [-0.3, -0.25) is 4.79 Å². The molecule has 1 saturated heterocycles. The molecular weight excluding hydrogens is 220 g/mol. The smallest absolute Gasteiger partial charge is 0.226 e. The van der Waals surface area contributed by atoms with Crippen LogP contribution in [0.3, 0.4) is 0 Å². The third-order valence-electron chi connectivity index (χ3n) is 2.98. The third-order valence-corrected chi connectivity index (χ3v) is 3.94. The normalized spacial score (nSPS) is 17.8. The highest BCUT2D eigenvalue weighted by Crippen LogP contribution is 2.18. The van der Waals surface area contributed by atoms with Crippen LogP contribution in [-0.2, 0) is 4.79 Å². The van der Waals surface area contributed by atoms with Crippen molar-refractivity contribution in [2.75, 3.05) is 31.3 Å². The van der Waals surface area contributed by atoms with Gasteiger partial charge in [0.15, 0.2) is 0 Å². The van der Waals surface area contributed by atoms with Crippen LogP contribution in [0.2, 0.25) is 0 Å². The number of thioether (sulfide) groups is 1. The molecule has 0 aliphatic carbocycles. The molecule has 0 aromatic carbocycles. The number of carbonyl (C=O) groups is 1. The number of amides is 1. The van der Waals surface area contributed by atoms with E-state index in [1.807, 2.05) is 16.7 Å². The molecule has 1 fully saturated rings. The zero-order chi connectivity index (χ0) is 11.8. The van der Waals surface area contributed by atoms with Gasteiger partial charge >= 0.3 is 0 Å². The van der Waals surface area contributed by atoms with Crippen molar-refractivity contribution in [3.05, 3.63) is 0 Å². The summed E-state index contributed by atoms with van der Waals surface area (Å²) < 4.78 is 0. The summed E-state index contributed by atoms with van der Waals surface area (Å²) in [5, 5.41) is 3.31. The maximum absolute atomic E-state index is 12.0. The Morgan fingerprint density at radius 1 is 1.50 bits per heavy atom. The highest BCUT2D eigenvalue weighted by molar-refractivity contribution is 7.99. The van der Waals surface area contributed by atoms with Gasteiger partial charge in [-0.2, -0.15) is 0 Å². The second-order valence-electron chi connectivity index (χ2n) is 4.39. The Hall–Kier alpha value is -0.220. The molecule has 0 unspecified atom stereocenters. The number of hydrogen-bond donors (Lipinski definition) is 1. The summed E-state index contributed by atoms with van der Waals surface area (Å²) in [7, 11) is 0. The fourth-order valence-electron chi connectivity index (χ4n) is 1.90. The van der Waals surface area contributed by atoms with Crippen LogP contribution in [0, 0.1) is 5.92 Å². The van der Waals surface area contributed by atoms with Crippen molar-refractivity contribution in [2.45, 2.75) is 33.1 Å². The Labute approximate surface area is 103 Å². The second kappa shape index (κ2) is 7.96. The molecule has 1 amide bonds. The van der Waals surface area contributed by atoms with Gasteiger partial charge in [-0.25, -0.2) is 0 Å². The SMILES string of the molecule is CCNCCCC[C@H](C)C(=O)N1CCSC1. The van der Waals surface area contributed by atoms with Crippen LogP contribution in [0.4, 0.5) is 0 Å². The van der Waals surface area contributed by atoms with E-state index in [1.165, 1.54) is 6.42 Å². The highest BCUT2D eigenvalue weighted by atomic mass is 32.2. The first kappa shape index (κ1) is 13.8. The monoisotopic (exact) mass is 244 g/mol. The van der Waals surface area contributed by atoms with E-state index in [-0.39, 0.29) is 5.92 Å². The number of nitrogens with one attached hydrogen (secondary N) is 1. The molecule has 0 radical (unpaired) electrons. The minimum Gasteiger partial charge on any atom is -0.332 e. The Morgan fingerprint density at radius 2 is 2.31 bits per heavy atom. The molecule has 0 bridgehead atoms. The number of nitrogens with zero attached hydrogens (tertiary/aromatic N) is 1. The lowest BCUT2D eigenvalue weighted by molar-refractivity contribution is -0.133. The molecule has 0 saturated carbocycles. The Kier molecular flexibility index (Phi) is 6.88. The standard InChI is InChI=1S/C12H24N2OS/c1-3-13-7-5-4-6-11(2)12(15)14-8-9-16-10-14/h11,13H,3-10H2,1-2H3/t11-/m0/s1.